The van der Waals surface area contributed by atoms with Crippen molar-refractivity contribution in [1.82, 2.24) is 0 Å². The van der Waals surface area contributed by atoms with E-state index in [9.17, 15) is 14.7 Å². The van der Waals surface area contributed by atoms with Crippen LogP contribution >= 0.6 is 0 Å². The summed E-state index contributed by atoms with van der Waals surface area (Å²) in [5, 5.41) is 9.39. The number of hydrogen-bond acceptors (Lipinski definition) is 2. The van der Waals surface area contributed by atoms with Gasteiger partial charge in [-0.05, 0) is 36.6 Å². The summed E-state index contributed by atoms with van der Waals surface area (Å²) in [6.07, 6.45) is 0.286. The van der Waals surface area contributed by atoms with Gasteiger partial charge in [-0.1, -0.05) is 42.0 Å². The molecule has 0 aliphatic carbocycles. The van der Waals surface area contributed by atoms with E-state index in [1.54, 1.807) is 11.0 Å². The van der Waals surface area contributed by atoms with Crippen molar-refractivity contribution < 1.29 is 14.7 Å². The molecule has 0 radical (unpaired) electrons. The lowest BCUT2D eigenvalue weighted by Gasteiger charge is -2.18. The zero-order valence-electron chi connectivity index (χ0n) is 13.2. The van der Waals surface area contributed by atoms with Crippen LogP contribution in [0.3, 0.4) is 0 Å². The van der Waals surface area contributed by atoms with Gasteiger partial charge in [-0.2, -0.15) is 0 Å². The topological polar surface area (TPSA) is 57.6 Å². The van der Waals surface area contributed by atoms with E-state index in [-0.39, 0.29) is 18.9 Å². The molecule has 1 amide bonds. The predicted molar refractivity (Wildman–Crippen MR) is 88.8 cm³/mol. The Balaban J connectivity index is 1.89. The Morgan fingerprint density at radius 1 is 1.17 bits per heavy atom. The van der Waals surface area contributed by atoms with Gasteiger partial charge in [0, 0.05) is 12.2 Å². The third-order valence-electron chi connectivity index (χ3n) is 4.41. The first kappa shape index (κ1) is 15.3. The molecular weight excluding hydrogens is 290 g/mol. The summed E-state index contributed by atoms with van der Waals surface area (Å²) >= 11 is 0. The van der Waals surface area contributed by atoms with E-state index in [1.165, 1.54) is 0 Å². The number of carbonyl (C=O) groups excluding carboxylic acids is 1. The van der Waals surface area contributed by atoms with Crippen molar-refractivity contribution in [3.8, 4) is 0 Å². The van der Waals surface area contributed by atoms with Crippen LogP contribution in [0.2, 0.25) is 0 Å². The Bertz CT molecular complexity index is 782. The number of hydrogen-bond donors (Lipinski definition) is 1. The number of rotatable bonds is 3. The van der Waals surface area contributed by atoms with Crippen LogP contribution in [0.25, 0.3) is 0 Å². The number of carbonyl (C=O) groups is 2. The predicted octanol–water partition coefficient (Wildman–Crippen LogP) is 3.06. The zero-order chi connectivity index (χ0) is 16.6. The third kappa shape index (κ3) is 2.84. The molecule has 0 bridgehead atoms. The Morgan fingerprint density at radius 3 is 2.65 bits per heavy atom. The lowest BCUT2D eigenvalue weighted by atomic mass is 10.0. The molecule has 4 nitrogen and oxygen atoms in total. The average molecular weight is 309 g/mol. The molecule has 1 unspecified atom stereocenters. The van der Waals surface area contributed by atoms with Crippen molar-refractivity contribution >= 4 is 17.6 Å². The van der Waals surface area contributed by atoms with E-state index in [2.05, 4.69) is 0 Å². The van der Waals surface area contributed by atoms with Gasteiger partial charge in [0.25, 0.3) is 0 Å². The van der Waals surface area contributed by atoms with E-state index in [0.29, 0.717) is 5.56 Å². The highest BCUT2D eigenvalue weighted by atomic mass is 16.4. The third-order valence-corrected chi connectivity index (χ3v) is 4.41. The Labute approximate surface area is 135 Å². The van der Waals surface area contributed by atoms with Crippen molar-refractivity contribution in [2.45, 2.75) is 26.2 Å². The second-order valence-electron chi connectivity index (χ2n) is 6.06. The van der Waals surface area contributed by atoms with Crippen molar-refractivity contribution in [1.29, 1.82) is 0 Å². The summed E-state index contributed by atoms with van der Waals surface area (Å²) in [5.41, 5.74) is 4.62. The van der Waals surface area contributed by atoms with Gasteiger partial charge in [-0.25, -0.2) is 0 Å². The molecule has 0 saturated carbocycles. The molecule has 0 fully saturated rings. The van der Waals surface area contributed by atoms with Gasteiger partial charge in [0.15, 0.2) is 0 Å². The van der Waals surface area contributed by atoms with E-state index >= 15 is 0 Å². The van der Waals surface area contributed by atoms with Crippen LogP contribution < -0.4 is 4.90 Å². The molecule has 1 atom stereocenters. The van der Waals surface area contributed by atoms with Crippen LogP contribution in [0.4, 0.5) is 5.69 Å². The summed E-state index contributed by atoms with van der Waals surface area (Å²) in [4.78, 5) is 25.8. The van der Waals surface area contributed by atoms with Gasteiger partial charge in [-0.3, -0.25) is 9.59 Å². The van der Waals surface area contributed by atoms with Crippen LogP contribution in [-0.2, 0) is 16.0 Å². The molecule has 4 heteroatoms. The molecule has 0 saturated heterocycles. The van der Waals surface area contributed by atoms with Crippen LogP contribution in [0.5, 0.6) is 0 Å². The Hall–Kier alpha value is -2.62. The first-order chi connectivity index (χ1) is 11.0. The van der Waals surface area contributed by atoms with Crippen LogP contribution in [0.15, 0.2) is 42.5 Å². The smallest absolute Gasteiger partial charge is 0.312 e. The lowest BCUT2D eigenvalue weighted by molar-refractivity contribution is -0.138. The second-order valence-corrected chi connectivity index (χ2v) is 6.06. The molecule has 2 aromatic rings. The Morgan fingerprint density at radius 2 is 1.91 bits per heavy atom. The first-order valence-electron chi connectivity index (χ1n) is 7.65. The molecule has 2 aromatic carbocycles. The molecule has 1 heterocycles. The van der Waals surface area contributed by atoms with Crippen molar-refractivity contribution in [2.75, 3.05) is 11.4 Å². The largest absolute Gasteiger partial charge is 0.481 e. The average Bonchev–Trinajstić information content (AvgIpc) is 2.91. The van der Waals surface area contributed by atoms with Crippen molar-refractivity contribution in [2.24, 2.45) is 0 Å². The van der Waals surface area contributed by atoms with Gasteiger partial charge in [0.05, 0.1) is 6.42 Å². The zero-order valence-corrected chi connectivity index (χ0v) is 13.2. The minimum Gasteiger partial charge on any atom is -0.481 e. The Kier molecular flexibility index (Phi) is 3.90. The summed E-state index contributed by atoms with van der Waals surface area (Å²) < 4.78 is 0. The molecular formula is C19H19NO3. The highest BCUT2D eigenvalue weighted by molar-refractivity contribution is 6.00. The first-order valence-corrected chi connectivity index (χ1v) is 7.65. The number of fused-ring (bicyclic) bond motifs is 1. The fourth-order valence-corrected chi connectivity index (χ4v) is 3.10. The molecule has 0 spiro atoms. The number of amides is 1. The van der Waals surface area contributed by atoms with Crippen molar-refractivity contribution in [3.05, 3.63) is 64.7 Å². The molecule has 0 aromatic heterocycles. The number of aryl methyl sites for hydroxylation is 2. The standard InChI is InChI=1S/C19H19NO3/c1-12-7-8-13(2)14(9-12)10-18(21)20-11-16(19(22)23)15-5-3-4-6-17(15)20/h3-9,16H,10-11H2,1-2H3,(H,22,23). The number of benzene rings is 2. The highest BCUT2D eigenvalue weighted by Gasteiger charge is 2.36. The summed E-state index contributed by atoms with van der Waals surface area (Å²) in [5.74, 6) is -1.59. The molecule has 1 aliphatic heterocycles. The van der Waals surface area contributed by atoms with Gasteiger partial charge >= 0.3 is 5.97 Å². The molecule has 118 valence electrons. The van der Waals surface area contributed by atoms with Gasteiger partial charge in [-0.15, -0.1) is 0 Å². The van der Waals surface area contributed by atoms with Crippen LogP contribution in [0.1, 0.15) is 28.2 Å². The maximum atomic E-state index is 12.7. The maximum Gasteiger partial charge on any atom is 0.312 e. The van der Waals surface area contributed by atoms with Gasteiger partial charge in [0.2, 0.25) is 5.91 Å². The normalized spacial score (nSPS) is 16.3. The highest BCUT2D eigenvalue weighted by Crippen LogP contribution is 2.36. The fourth-order valence-electron chi connectivity index (χ4n) is 3.10. The van der Waals surface area contributed by atoms with E-state index < -0.39 is 11.9 Å². The number of anilines is 1. The molecule has 23 heavy (non-hydrogen) atoms. The number of carboxylic acid groups (broad SMARTS) is 1. The van der Waals surface area contributed by atoms with E-state index in [4.69, 9.17) is 0 Å². The maximum absolute atomic E-state index is 12.7. The summed E-state index contributed by atoms with van der Waals surface area (Å²) in [6.45, 7) is 4.19. The van der Waals surface area contributed by atoms with Crippen molar-refractivity contribution in [3.63, 3.8) is 0 Å². The van der Waals surface area contributed by atoms with E-state index in [0.717, 1.165) is 22.4 Å². The number of carboxylic acids is 1. The van der Waals surface area contributed by atoms with Crippen LogP contribution in [0, 0.1) is 13.8 Å². The van der Waals surface area contributed by atoms with E-state index in [1.807, 2.05) is 50.2 Å². The fraction of sp³-hybridized carbons (Fsp3) is 0.263. The van der Waals surface area contributed by atoms with Crippen LogP contribution in [-0.4, -0.2) is 23.5 Å². The van der Waals surface area contributed by atoms with Gasteiger partial charge < -0.3 is 10.0 Å². The minimum atomic E-state index is -0.889. The minimum absolute atomic E-state index is 0.0603. The lowest BCUT2D eigenvalue weighted by Crippen LogP contribution is -2.32. The summed E-state index contributed by atoms with van der Waals surface area (Å²) in [6, 6.07) is 13.3. The summed E-state index contributed by atoms with van der Waals surface area (Å²) in [7, 11) is 0. The second kappa shape index (κ2) is 5.88. The molecule has 1 aliphatic rings. The molecule has 1 N–H and O–H groups in total. The number of para-hydroxylation sites is 1. The monoisotopic (exact) mass is 309 g/mol. The number of aliphatic carboxylic acids is 1. The van der Waals surface area contributed by atoms with Gasteiger partial charge in [0.1, 0.15) is 5.92 Å². The molecule has 3 rings (SSSR count). The quantitative estimate of drug-likeness (QED) is 0.948. The SMILES string of the molecule is Cc1ccc(C)c(CC(=O)N2CC(C(=O)O)c3ccccc32)c1. The number of nitrogens with zero attached hydrogens (tertiary/aromatic N) is 1.